The van der Waals surface area contributed by atoms with Crippen LogP contribution in [-0.2, 0) is 0 Å². The number of nitrogens with zero attached hydrogens (tertiary/aromatic N) is 1. The van der Waals surface area contributed by atoms with Crippen LogP contribution < -0.4 is 15.8 Å². The van der Waals surface area contributed by atoms with E-state index in [0.29, 0.717) is 17.2 Å². The zero-order valence-corrected chi connectivity index (χ0v) is 10.9. The van der Waals surface area contributed by atoms with E-state index in [4.69, 9.17) is 22.1 Å². The maximum Gasteiger partial charge on any atom is 0.269 e. The van der Waals surface area contributed by atoms with E-state index in [-0.39, 0.29) is 16.8 Å². The van der Waals surface area contributed by atoms with Crippen LogP contribution in [0.3, 0.4) is 0 Å². The first-order chi connectivity index (χ1) is 9.08. The minimum atomic E-state index is -0.329. The highest BCUT2D eigenvalue weighted by atomic mass is 35.5. The van der Waals surface area contributed by atoms with E-state index < -0.39 is 0 Å². The number of hydrogen-bond donors (Lipinski definition) is 2. The molecule has 0 aliphatic heterocycles. The van der Waals surface area contributed by atoms with E-state index in [9.17, 15) is 4.79 Å². The zero-order valence-electron chi connectivity index (χ0n) is 10.2. The maximum absolute atomic E-state index is 11.5. The summed E-state index contributed by atoms with van der Waals surface area (Å²) in [5.74, 6) is 0.701. The molecule has 3 N–H and O–H groups in total. The predicted molar refractivity (Wildman–Crippen MR) is 73.6 cm³/mol. The summed E-state index contributed by atoms with van der Waals surface area (Å²) in [6, 6.07) is 9.94. The van der Waals surface area contributed by atoms with Crippen molar-refractivity contribution in [2.45, 2.75) is 0 Å². The molecule has 0 saturated carbocycles. The summed E-state index contributed by atoms with van der Waals surface area (Å²) in [6.07, 6.45) is 0. The molecule has 0 bridgehead atoms. The number of amides is 1. The van der Waals surface area contributed by atoms with Crippen molar-refractivity contribution in [3.05, 3.63) is 47.2 Å². The Labute approximate surface area is 115 Å². The van der Waals surface area contributed by atoms with Gasteiger partial charge in [-0.3, -0.25) is 4.79 Å². The number of nitrogen functional groups attached to an aromatic ring is 1. The molecule has 0 aliphatic carbocycles. The number of nitrogens with two attached hydrogens (primary N) is 1. The van der Waals surface area contributed by atoms with Gasteiger partial charge < -0.3 is 15.8 Å². The van der Waals surface area contributed by atoms with E-state index in [2.05, 4.69) is 10.3 Å². The molecule has 2 aromatic rings. The van der Waals surface area contributed by atoms with Crippen molar-refractivity contribution in [2.75, 3.05) is 12.8 Å². The van der Waals surface area contributed by atoms with E-state index in [1.807, 2.05) is 0 Å². The first kappa shape index (κ1) is 13.2. The SMILES string of the molecule is CNC(=O)c1cc(Oc2ccc(N)cc2)cc(Cl)n1. The highest BCUT2D eigenvalue weighted by molar-refractivity contribution is 6.29. The van der Waals surface area contributed by atoms with E-state index in [1.165, 1.54) is 19.2 Å². The van der Waals surface area contributed by atoms with Crippen LogP contribution >= 0.6 is 11.6 Å². The molecule has 19 heavy (non-hydrogen) atoms. The number of pyridine rings is 1. The van der Waals surface area contributed by atoms with Gasteiger partial charge in [0.05, 0.1) is 0 Å². The van der Waals surface area contributed by atoms with Gasteiger partial charge in [0.1, 0.15) is 22.3 Å². The summed E-state index contributed by atoms with van der Waals surface area (Å²) in [5.41, 5.74) is 6.43. The third-order valence-electron chi connectivity index (χ3n) is 2.34. The van der Waals surface area contributed by atoms with Crippen LogP contribution in [0.2, 0.25) is 5.15 Å². The molecule has 0 saturated heterocycles. The molecule has 0 radical (unpaired) electrons. The molecule has 1 heterocycles. The molecule has 1 amide bonds. The fourth-order valence-electron chi connectivity index (χ4n) is 1.45. The molecule has 0 aliphatic rings. The van der Waals surface area contributed by atoms with E-state index in [1.54, 1.807) is 24.3 Å². The van der Waals surface area contributed by atoms with Crippen LogP contribution in [-0.4, -0.2) is 17.9 Å². The largest absolute Gasteiger partial charge is 0.457 e. The van der Waals surface area contributed by atoms with Crippen molar-refractivity contribution >= 4 is 23.2 Å². The van der Waals surface area contributed by atoms with Crippen LogP contribution in [0.1, 0.15) is 10.5 Å². The lowest BCUT2D eigenvalue weighted by Gasteiger charge is -2.08. The molecule has 1 aromatic heterocycles. The molecular formula is C13H12ClN3O2. The molecular weight excluding hydrogens is 266 g/mol. The van der Waals surface area contributed by atoms with E-state index in [0.717, 1.165) is 0 Å². The molecule has 0 unspecified atom stereocenters. The second-order valence-corrected chi connectivity index (χ2v) is 4.15. The Morgan fingerprint density at radius 2 is 1.95 bits per heavy atom. The van der Waals surface area contributed by atoms with Crippen molar-refractivity contribution in [3.63, 3.8) is 0 Å². The molecule has 0 spiro atoms. The van der Waals surface area contributed by atoms with Crippen LogP contribution in [0, 0.1) is 0 Å². The number of benzene rings is 1. The number of carbonyl (C=O) groups is 1. The Bertz CT molecular complexity index is 599. The van der Waals surface area contributed by atoms with Gasteiger partial charge in [-0.25, -0.2) is 4.98 Å². The Kier molecular flexibility index (Phi) is 3.87. The van der Waals surface area contributed by atoms with Gasteiger partial charge in [0.25, 0.3) is 5.91 Å². The van der Waals surface area contributed by atoms with Gasteiger partial charge in [0, 0.05) is 24.9 Å². The Hall–Kier alpha value is -2.27. The van der Waals surface area contributed by atoms with Crippen LogP contribution in [0.25, 0.3) is 0 Å². The Morgan fingerprint density at radius 3 is 2.58 bits per heavy atom. The van der Waals surface area contributed by atoms with Gasteiger partial charge >= 0.3 is 0 Å². The van der Waals surface area contributed by atoms with Crippen molar-refractivity contribution in [3.8, 4) is 11.5 Å². The standard InChI is InChI=1S/C13H12ClN3O2/c1-16-13(18)11-6-10(7-12(14)17-11)19-9-4-2-8(15)3-5-9/h2-7H,15H2,1H3,(H,16,18). The minimum Gasteiger partial charge on any atom is -0.457 e. The van der Waals surface area contributed by atoms with Gasteiger partial charge in [-0.1, -0.05) is 11.6 Å². The number of hydrogen-bond acceptors (Lipinski definition) is 4. The highest BCUT2D eigenvalue weighted by Gasteiger charge is 2.09. The molecule has 1 aromatic carbocycles. The lowest BCUT2D eigenvalue weighted by Crippen LogP contribution is -2.19. The quantitative estimate of drug-likeness (QED) is 0.667. The van der Waals surface area contributed by atoms with Crippen LogP contribution in [0.4, 0.5) is 5.69 Å². The summed E-state index contributed by atoms with van der Waals surface area (Å²) < 4.78 is 5.59. The number of aromatic nitrogens is 1. The number of carbonyl (C=O) groups excluding carboxylic acids is 1. The molecule has 5 nitrogen and oxygen atoms in total. The van der Waals surface area contributed by atoms with Gasteiger partial charge in [0.15, 0.2) is 0 Å². The Morgan fingerprint density at radius 1 is 1.26 bits per heavy atom. The minimum absolute atomic E-state index is 0.187. The second-order valence-electron chi connectivity index (χ2n) is 3.76. The molecule has 2 rings (SSSR count). The van der Waals surface area contributed by atoms with Crippen molar-refractivity contribution in [1.29, 1.82) is 0 Å². The van der Waals surface area contributed by atoms with Crippen LogP contribution in [0.5, 0.6) is 11.5 Å². The van der Waals surface area contributed by atoms with Crippen molar-refractivity contribution < 1.29 is 9.53 Å². The molecule has 98 valence electrons. The lowest BCUT2D eigenvalue weighted by molar-refractivity contribution is 0.0958. The smallest absolute Gasteiger partial charge is 0.269 e. The molecule has 0 fully saturated rings. The van der Waals surface area contributed by atoms with Crippen molar-refractivity contribution in [1.82, 2.24) is 10.3 Å². The lowest BCUT2D eigenvalue weighted by atomic mass is 10.3. The number of rotatable bonds is 3. The number of ether oxygens (including phenoxy) is 1. The van der Waals surface area contributed by atoms with Gasteiger partial charge in [-0.15, -0.1) is 0 Å². The average Bonchev–Trinajstić information content (AvgIpc) is 2.40. The summed E-state index contributed by atoms with van der Waals surface area (Å²) >= 11 is 5.85. The average molecular weight is 278 g/mol. The van der Waals surface area contributed by atoms with Crippen molar-refractivity contribution in [2.24, 2.45) is 0 Å². The van der Waals surface area contributed by atoms with E-state index >= 15 is 0 Å². The summed E-state index contributed by atoms with van der Waals surface area (Å²) in [7, 11) is 1.52. The normalized spacial score (nSPS) is 10.0. The fraction of sp³-hybridized carbons (Fsp3) is 0.0769. The highest BCUT2D eigenvalue weighted by Crippen LogP contribution is 2.25. The predicted octanol–water partition coefficient (Wildman–Crippen LogP) is 2.47. The third-order valence-corrected chi connectivity index (χ3v) is 2.54. The first-order valence-corrected chi connectivity index (χ1v) is 5.89. The Balaban J connectivity index is 2.27. The number of nitrogens with one attached hydrogen (secondary N) is 1. The molecule has 0 atom stereocenters. The second kappa shape index (κ2) is 5.58. The number of anilines is 1. The maximum atomic E-state index is 11.5. The molecule has 6 heteroatoms. The van der Waals surface area contributed by atoms with Crippen LogP contribution in [0.15, 0.2) is 36.4 Å². The zero-order chi connectivity index (χ0) is 13.8. The van der Waals surface area contributed by atoms with Gasteiger partial charge in [-0.2, -0.15) is 0 Å². The number of halogens is 1. The third kappa shape index (κ3) is 3.35. The summed E-state index contributed by atoms with van der Waals surface area (Å²) in [6.45, 7) is 0. The topological polar surface area (TPSA) is 77.2 Å². The first-order valence-electron chi connectivity index (χ1n) is 5.51. The summed E-state index contributed by atoms with van der Waals surface area (Å²) in [5, 5.41) is 2.66. The van der Waals surface area contributed by atoms with Gasteiger partial charge in [-0.05, 0) is 24.3 Å². The summed E-state index contributed by atoms with van der Waals surface area (Å²) in [4.78, 5) is 15.4. The monoisotopic (exact) mass is 277 g/mol. The van der Waals surface area contributed by atoms with Gasteiger partial charge in [0.2, 0.25) is 0 Å². The fourth-order valence-corrected chi connectivity index (χ4v) is 1.65.